The molecule has 0 heterocycles. The van der Waals surface area contributed by atoms with Crippen LogP contribution in [0.3, 0.4) is 0 Å². The maximum Gasteiger partial charge on any atom is 0.220 e. The minimum absolute atomic E-state index is 0. The molecule has 0 rings (SSSR count). The second-order valence-corrected chi connectivity index (χ2v) is 5.93. The van der Waals surface area contributed by atoms with E-state index in [9.17, 15) is 0 Å². The fourth-order valence-corrected chi connectivity index (χ4v) is 0. The molecule has 0 fully saturated rings. The minimum atomic E-state index is -1.55. The van der Waals surface area contributed by atoms with Crippen molar-refractivity contribution in [2.24, 2.45) is 0 Å². The van der Waals surface area contributed by atoms with Gasteiger partial charge in [0.2, 0.25) is 3.79 Å². The zero-order valence-electron chi connectivity index (χ0n) is 5.59. The number of hydrogen-bond donors (Lipinski definition) is 0. The summed E-state index contributed by atoms with van der Waals surface area (Å²) >= 11 is 40.5. The van der Waals surface area contributed by atoms with E-state index in [1.165, 1.54) is 0 Å². The van der Waals surface area contributed by atoms with E-state index in [0.717, 1.165) is 5.54 Å². The molecule has 82 valence electrons. The highest BCUT2D eigenvalue weighted by molar-refractivity contribution is 6.73. The van der Waals surface area contributed by atoms with Crippen molar-refractivity contribution in [1.82, 2.24) is 0 Å². The summed E-state index contributed by atoms with van der Waals surface area (Å²) in [6.45, 7) is 0. The van der Waals surface area contributed by atoms with Gasteiger partial charge in [-0.3, -0.25) is 0 Å². The van der Waals surface area contributed by atoms with Gasteiger partial charge in [-0.15, -0.1) is 35.6 Å². The zero-order chi connectivity index (χ0) is 10.4. The van der Waals surface area contributed by atoms with E-state index in [4.69, 9.17) is 92.8 Å². The lowest BCUT2D eigenvalue weighted by Crippen LogP contribution is -2.11. The van der Waals surface area contributed by atoms with Gasteiger partial charge in [0.25, 0.3) is 0 Å². The molecule has 0 aliphatic heterocycles. The first-order valence-corrected chi connectivity index (χ1v) is 5.38. The predicted molar refractivity (Wildman–Crippen MR) is 68.7 cm³/mol. The van der Waals surface area contributed by atoms with Crippen LogP contribution in [0.15, 0.2) is 10.0 Å². The molecule has 0 spiro atoms. The minimum Gasteiger partial charge on any atom is -0.147 e. The molecule has 0 radical (unpaired) electrons. The van der Waals surface area contributed by atoms with E-state index in [2.05, 4.69) is 0 Å². The van der Waals surface area contributed by atoms with Crippen LogP contribution in [0.25, 0.3) is 0 Å². The van der Waals surface area contributed by atoms with Crippen LogP contribution >= 0.6 is 105 Å². The number of hydrogen-bond acceptors (Lipinski definition) is 0. The monoisotopic (exact) mass is 366 g/mol. The van der Waals surface area contributed by atoms with Gasteiger partial charge < -0.3 is 0 Å². The van der Waals surface area contributed by atoms with Gasteiger partial charge in [0.05, 0.1) is 0 Å². The average molecular weight is 370 g/mol. The van der Waals surface area contributed by atoms with E-state index in [0.29, 0.717) is 0 Å². The van der Waals surface area contributed by atoms with E-state index >= 15 is 0 Å². The Balaban J connectivity index is -0.000000150. The van der Waals surface area contributed by atoms with Crippen molar-refractivity contribution in [1.29, 1.82) is 0 Å². The summed E-state index contributed by atoms with van der Waals surface area (Å²) in [5.74, 6) is 0. The predicted octanol–water partition coefficient (Wildman–Crippen LogP) is 6.08. The van der Waals surface area contributed by atoms with Crippen molar-refractivity contribution < 1.29 is 0 Å². The Morgan fingerprint density at radius 3 is 1.23 bits per heavy atom. The highest BCUT2D eigenvalue weighted by atomic mass is 35.6. The SMILES string of the molecule is Cl.ClC(Cl)C(Cl)(Cl)Cl.ClC=C(Cl)Cl. The van der Waals surface area contributed by atoms with Gasteiger partial charge in [0.15, 0.2) is 4.84 Å². The highest BCUT2D eigenvalue weighted by Gasteiger charge is 2.28. The molecule has 0 aromatic carbocycles. The maximum atomic E-state index is 5.14. The van der Waals surface area contributed by atoms with Gasteiger partial charge in [-0.1, -0.05) is 69.6 Å². The largest absolute Gasteiger partial charge is 0.220 e. The third kappa shape index (κ3) is 20.4. The Morgan fingerprint density at radius 2 is 1.23 bits per heavy atom. The van der Waals surface area contributed by atoms with Crippen LogP contribution in [-0.4, -0.2) is 8.63 Å². The highest BCUT2D eigenvalue weighted by Crippen LogP contribution is 2.35. The average Bonchev–Trinajstić information content (AvgIpc) is 1.87. The van der Waals surface area contributed by atoms with Crippen LogP contribution in [0, 0.1) is 0 Å². The molecule has 0 aromatic heterocycles. The summed E-state index contributed by atoms with van der Waals surface area (Å²) in [5, 5.41) is 0. The number of alkyl halides is 5. The second kappa shape index (κ2) is 10.9. The molecular formula is C4H3Cl9. The first kappa shape index (κ1) is 20.7. The Hall–Kier alpha value is 2.35. The van der Waals surface area contributed by atoms with Crippen molar-refractivity contribution >= 4 is 105 Å². The van der Waals surface area contributed by atoms with Crippen molar-refractivity contribution in [2.45, 2.75) is 8.63 Å². The molecule has 0 bridgehead atoms. The van der Waals surface area contributed by atoms with Crippen LogP contribution in [0.5, 0.6) is 0 Å². The molecule has 0 N–H and O–H groups in total. The molecule has 9 heteroatoms. The molecule has 13 heavy (non-hydrogen) atoms. The van der Waals surface area contributed by atoms with E-state index in [1.807, 2.05) is 0 Å². The summed E-state index contributed by atoms with van der Waals surface area (Å²) in [6.07, 6.45) is 0. The normalized spacial score (nSPS) is 9.62. The first-order valence-electron chi connectivity index (χ1n) is 2.18. The summed E-state index contributed by atoms with van der Waals surface area (Å²) in [6, 6.07) is 0. The topological polar surface area (TPSA) is 0 Å². The van der Waals surface area contributed by atoms with Gasteiger partial charge >= 0.3 is 0 Å². The molecule has 0 aliphatic rings. The van der Waals surface area contributed by atoms with Crippen LogP contribution < -0.4 is 0 Å². The Labute approximate surface area is 123 Å². The van der Waals surface area contributed by atoms with Crippen LogP contribution in [-0.2, 0) is 0 Å². The van der Waals surface area contributed by atoms with Gasteiger partial charge in [-0.05, 0) is 0 Å². The molecule has 0 amide bonds. The van der Waals surface area contributed by atoms with Gasteiger partial charge in [-0.2, -0.15) is 0 Å². The van der Waals surface area contributed by atoms with E-state index in [1.54, 1.807) is 0 Å². The summed E-state index contributed by atoms with van der Waals surface area (Å²) in [7, 11) is 0. The first-order chi connectivity index (χ1) is 5.21. The van der Waals surface area contributed by atoms with Crippen molar-refractivity contribution in [3.63, 3.8) is 0 Å². The number of rotatable bonds is 0. The van der Waals surface area contributed by atoms with Crippen molar-refractivity contribution in [3.05, 3.63) is 10.0 Å². The van der Waals surface area contributed by atoms with Crippen LogP contribution in [0.2, 0.25) is 0 Å². The van der Waals surface area contributed by atoms with Gasteiger partial charge in [-0.25, -0.2) is 0 Å². The lowest BCUT2D eigenvalue weighted by molar-refractivity contribution is 1.19. The number of halogens is 9. The zero-order valence-corrected chi connectivity index (χ0v) is 12.5. The molecule has 0 aliphatic carbocycles. The van der Waals surface area contributed by atoms with Crippen molar-refractivity contribution in [3.8, 4) is 0 Å². The third-order valence-corrected chi connectivity index (χ3v) is 2.97. The molecule has 0 saturated carbocycles. The standard InChI is InChI=1S/C2HCl5.C2HCl3.ClH/c3-1(4)2(5,6)7;3-1-2(4)5;/h1H;1H;1H. The summed E-state index contributed by atoms with van der Waals surface area (Å²) in [4.78, 5) is -0.961. The maximum absolute atomic E-state index is 5.14. The van der Waals surface area contributed by atoms with E-state index < -0.39 is 8.63 Å². The Kier molecular flexibility index (Phi) is 17.3. The molecule has 0 atom stereocenters. The molecular weight excluding hydrogens is 367 g/mol. The Morgan fingerprint density at radius 1 is 1.08 bits per heavy atom. The van der Waals surface area contributed by atoms with Crippen LogP contribution in [0.4, 0.5) is 0 Å². The summed E-state index contributed by atoms with van der Waals surface area (Å²) < 4.78 is -1.46. The lowest BCUT2D eigenvalue weighted by atomic mass is 10.9. The second-order valence-electron chi connectivity index (χ2n) is 1.24. The smallest absolute Gasteiger partial charge is 0.147 e. The van der Waals surface area contributed by atoms with Crippen molar-refractivity contribution in [2.75, 3.05) is 0 Å². The van der Waals surface area contributed by atoms with Gasteiger partial charge in [0.1, 0.15) is 4.49 Å². The Bertz CT molecular complexity index is 129. The van der Waals surface area contributed by atoms with E-state index in [-0.39, 0.29) is 16.9 Å². The molecule has 0 saturated heterocycles. The lowest BCUT2D eigenvalue weighted by Gasteiger charge is -2.09. The fourth-order valence-electron chi connectivity index (χ4n) is 0. The summed E-state index contributed by atoms with van der Waals surface area (Å²) in [5.41, 5.74) is 1.09. The third-order valence-electron chi connectivity index (χ3n) is 0.330. The fraction of sp³-hybridized carbons (Fsp3) is 0.500. The van der Waals surface area contributed by atoms with Gasteiger partial charge in [0, 0.05) is 5.54 Å². The van der Waals surface area contributed by atoms with Crippen LogP contribution in [0.1, 0.15) is 0 Å². The quantitative estimate of drug-likeness (QED) is 0.453. The molecule has 0 unspecified atom stereocenters. The molecule has 0 aromatic rings. The molecule has 0 nitrogen and oxygen atoms in total.